The van der Waals surface area contributed by atoms with E-state index in [-0.39, 0.29) is 0 Å². The molecule has 1 rings (SSSR count). The Morgan fingerprint density at radius 1 is 1.38 bits per heavy atom. The maximum Gasteiger partial charge on any atom is 0.149 e. The lowest BCUT2D eigenvalue weighted by atomic mass is 10.2. The first-order valence-corrected chi connectivity index (χ1v) is 6.03. The lowest BCUT2D eigenvalue weighted by Crippen LogP contribution is -2.34. The van der Waals surface area contributed by atoms with E-state index in [1.54, 1.807) is 12.4 Å². The Hall–Kier alpha value is -1.32. The monoisotopic (exact) mass is 222 g/mol. The number of nitrogens with zero attached hydrogens (tertiary/aromatic N) is 3. The molecular weight excluding hydrogens is 200 g/mol. The number of hydrogen-bond acceptors (Lipinski definition) is 4. The SMILES string of the molecule is CCCCN(c1cncc(N)n1)C(C)CC. The molecule has 0 bridgehead atoms. The number of hydrogen-bond donors (Lipinski definition) is 1. The number of unbranched alkanes of at least 4 members (excludes halogenated alkanes) is 1. The van der Waals surface area contributed by atoms with Crippen molar-refractivity contribution in [2.75, 3.05) is 17.2 Å². The zero-order valence-electron chi connectivity index (χ0n) is 10.5. The first-order valence-electron chi connectivity index (χ1n) is 6.03. The van der Waals surface area contributed by atoms with Gasteiger partial charge in [-0.15, -0.1) is 0 Å². The molecule has 0 aliphatic rings. The Kier molecular flexibility index (Phi) is 5.02. The van der Waals surface area contributed by atoms with Crippen molar-refractivity contribution in [1.29, 1.82) is 0 Å². The quantitative estimate of drug-likeness (QED) is 0.803. The Labute approximate surface area is 97.9 Å². The Morgan fingerprint density at radius 2 is 2.12 bits per heavy atom. The van der Waals surface area contributed by atoms with Crippen molar-refractivity contribution in [3.63, 3.8) is 0 Å². The molecule has 90 valence electrons. The standard InChI is InChI=1S/C12H22N4/c1-4-6-7-16(10(3)5-2)12-9-14-8-11(13)15-12/h8-10H,4-7H2,1-3H3,(H2,13,15). The van der Waals surface area contributed by atoms with Crippen LogP contribution in [0.3, 0.4) is 0 Å². The largest absolute Gasteiger partial charge is 0.382 e. The maximum absolute atomic E-state index is 5.67. The fourth-order valence-corrected chi connectivity index (χ4v) is 1.62. The molecule has 0 saturated heterocycles. The van der Waals surface area contributed by atoms with Crippen molar-refractivity contribution in [2.45, 2.75) is 46.1 Å². The van der Waals surface area contributed by atoms with E-state index < -0.39 is 0 Å². The minimum atomic E-state index is 0.475. The molecule has 0 amide bonds. The number of nitrogens with two attached hydrogens (primary N) is 1. The van der Waals surface area contributed by atoms with Crippen molar-refractivity contribution >= 4 is 11.6 Å². The number of anilines is 2. The molecule has 0 aliphatic carbocycles. The van der Waals surface area contributed by atoms with Crippen LogP contribution in [-0.2, 0) is 0 Å². The second kappa shape index (κ2) is 6.30. The third kappa shape index (κ3) is 3.36. The van der Waals surface area contributed by atoms with Gasteiger partial charge in [0.2, 0.25) is 0 Å². The summed E-state index contributed by atoms with van der Waals surface area (Å²) in [6.07, 6.45) is 6.82. The van der Waals surface area contributed by atoms with Crippen LogP contribution in [0.1, 0.15) is 40.0 Å². The smallest absolute Gasteiger partial charge is 0.149 e. The van der Waals surface area contributed by atoms with E-state index in [1.165, 1.54) is 12.8 Å². The van der Waals surface area contributed by atoms with E-state index in [4.69, 9.17) is 5.73 Å². The van der Waals surface area contributed by atoms with Gasteiger partial charge in [0.05, 0.1) is 12.4 Å². The molecular formula is C12H22N4. The predicted octanol–water partition coefficient (Wildman–Crippen LogP) is 2.46. The molecule has 1 unspecified atom stereocenters. The fourth-order valence-electron chi connectivity index (χ4n) is 1.62. The maximum atomic E-state index is 5.67. The van der Waals surface area contributed by atoms with Crippen molar-refractivity contribution in [1.82, 2.24) is 9.97 Å². The summed E-state index contributed by atoms with van der Waals surface area (Å²) in [7, 11) is 0. The minimum absolute atomic E-state index is 0.475. The van der Waals surface area contributed by atoms with E-state index in [0.717, 1.165) is 18.8 Å². The molecule has 0 aromatic carbocycles. The number of aromatic nitrogens is 2. The van der Waals surface area contributed by atoms with Crippen molar-refractivity contribution in [2.24, 2.45) is 0 Å². The summed E-state index contributed by atoms with van der Waals surface area (Å²) in [6.45, 7) is 7.60. The van der Waals surface area contributed by atoms with Gasteiger partial charge in [0.15, 0.2) is 0 Å². The highest BCUT2D eigenvalue weighted by Crippen LogP contribution is 2.16. The van der Waals surface area contributed by atoms with Crippen LogP contribution >= 0.6 is 0 Å². The number of nitrogen functional groups attached to an aromatic ring is 1. The van der Waals surface area contributed by atoms with Gasteiger partial charge in [-0.2, -0.15) is 0 Å². The second-order valence-electron chi connectivity index (χ2n) is 4.11. The summed E-state index contributed by atoms with van der Waals surface area (Å²) < 4.78 is 0. The van der Waals surface area contributed by atoms with Crippen molar-refractivity contribution in [3.05, 3.63) is 12.4 Å². The van der Waals surface area contributed by atoms with Crippen LogP contribution in [0.5, 0.6) is 0 Å². The Morgan fingerprint density at radius 3 is 2.69 bits per heavy atom. The average molecular weight is 222 g/mol. The molecule has 1 atom stereocenters. The van der Waals surface area contributed by atoms with Gasteiger partial charge in [0.25, 0.3) is 0 Å². The molecule has 0 fully saturated rings. The molecule has 4 nitrogen and oxygen atoms in total. The van der Waals surface area contributed by atoms with E-state index in [0.29, 0.717) is 11.9 Å². The lowest BCUT2D eigenvalue weighted by molar-refractivity contribution is 0.589. The van der Waals surface area contributed by atoms with Crippen LogP contribution in [0.2, 0.25) is 0 Å². The molecule has 0 aliphatic heterocycles. The van der Waals surface area contributed by atoms with Crippen LogP contribution in [-0.4, -0.2) is 22.6 Å². The van der Waals surface area contributed by atoms with Crippen LogP contribution in [0.4, 0.5) is 11.6 Å². The Balaban J connectivity index is 2.82. The van der Waals surface area contributed by atoms with E-state index in [9.17, 15) is 0 Å². The highest BCUT2D eigenvalue weighted by molar-refractivity contribution is 5.42. The summed E-state index contributed by atoms with van der Waals surface area (Å²) in [6, 6.07) is 0.475. The summed E-state index contributed by atoms with van der Waals surface area (Å²) >= 11 is 0. The van der Waals surface area contributed by atoms with Gasteiger partial charge in [-0.1, -0.05) is 20.3 Å². The topological polar surface area (TPSA) is 55.0 Å². The van der Waals surface area contributed by atoms with Crippen LogP contribution < -0.4 is 10.6 Å². The van der Waals surface area contributed by atoms with Crippen molar-refractivity contribution < 1.29 is 0 Å². The van der Waals surface area contributed by atoms with E-state index in [2.05, 4.69) is 35.6 Å². The molecule has 0 saturated carbocycles. The van der Waals surface area contributed by atoms with Gasteiger partial charge in [0.1, 0.15) is 11.6 Å². The summed E-state index contributed by atoms with van der Waals surface area (Å²) in [5, 5.41) is 0. The molecule has 0 radical (unpaired) electrons. The highest BCUT2D eigenvalue weighted by Gasteiger charge is 2.13. The molecule has 1 aromatic heterocycles. The summed E-state index contributed by atoms with van der Waals surface area (Å²) in [5.41, 5.74) is 5.67. The predicted molar refractivity (Wildman–Crippen MR) is 68.5 cm³/mol. The van der Waals surface area contributed by atoms with Gasteiger partial charge < -0.3 is 10.6 Å². The van der Waals surface area contributed by atoms with Crippen LogP contribution in [0, 0.1) is 0 Å². The van der Waals surface area contributed by atoms with Gasteiger partial charge >= 0.3 is 0 Å². The zero-order chi connectivity index (χ0) is 12.0. The van der Waals surface area contributed by atoms with Gasteiger partial charge in [0, 0.05) is 12.6 Å². The summed E-state index contributed by atoms with van der Waals surface area (Å²) in [4.78, 5) is 10.7. The molecule has 1 aromatic rings. The van der Waals surface area contributed by atoms with Crippen molar-refractivity contribution in [3.8, 4) is 0 Å². The lowest BCUT2D eigenvalue weighted by Gasteiger charge is -2.29. The van der Waals surface area contributed by atoms with Gasteiger partial charge in [-0.05, 0) is 19.8 Å². The average Bonchev–Trinajstić information content (AvgIpc) is 2.29. The number of rotatable bonds is 6. The third-order valence-corrected chi connectivity index (χ3v) is 2.81. The molecule has 4 heteroatoms. The molecule has 1 heterocycles. The van der Waals surface area contributed by atoms with Gasteiger partial charge in [-0.25, -0.2) is 4.98 Å². The first kappa shape index (κ1) is 12.7. The fraction of sp³-hybridized carbons (Fsp3) is 0.667. The third-order valence-electron chi connectivity index (χ3n) is 2.81. The van der Waals surface area contributed by atoms with E-state index in [1.807, 2.05) is 0 Å². The minimum Gasteiger partial charge on any atom is -0.382 e. The first-order chi connectivity index (χ1) is 7.69. The highest BCUT2D eigenvalue weighted by atomic mass is 15.2. The normalized spacial score (nSPS) is 12.4. The summed E-state index contributed by atoms with van der Waals surface area (Å²) in [5.74, 6) is 1.38. The van der Waals surface area contributed by atoms with Gasteiger partial charge in [-0.3, -0.25) is 4.98 Å². The molecule has 16 heavy (non-hydrogen) atoms. The van der Waals surface area contributed by atoms with Crippen LogP contribution in [0.15, 0.2) is 12.4 Å². The zero-order valence-corrected chi connectivity index (χ0v) is 10.5. The molecule has 0 spiro atoms. The second-order valence-corrected chi connectivity index (χ2v) is 4.11. The molecule has 2 N–H and O–H groups in total. The van der Waals surface area contributed by atoms with E-state index >= 15 is 0 Å². The Bertz CT molecular complexity index is 314. The van der Waals surface area contributed by atoms with Crippen LogP contribution in [0.25, 0.3) is 0 Å².